The van der Waals surface area contributed by atoms with Crippen LogP contribution < -0.4 is 24.8 Å². The van der Waals surface area contributed by atoms with Gasteiger partial charge in [0.25, 0.3) is 0 Å². The second-order valence-electron chi connectivity index (χ2n) is 5.42. The van der Waals surface area contributed by atoms with E-state index in [4.69, 9.17) is 14.2 Å². The molecule has 1 unspecified atom stereocenters. The van der Waals surface area contributed by atoms with E-state index in [0.29, 0.717) is 29.4 Å². The highest BCUT2D eigenvalue weighted by molar-refractivity contribution is 5.89. The van der Waals surface area contributed by atoms with E-state index in [2.05, 4.69) is 10.6 Å². The van der Waals surface area contributed by atoms with Crippen molar-refractivity contribution >= 4 is 11.7 Å². The number of benzene rings is 2. The fourth-order valence-electron chi connectivity index (χ4n) is 2.38. The van der Waals surface area contributed by atoms with Crippen LogP contribution in [0.15, 0.2) is 42.5 Å². The maximum Gasteiger partial charge on any atom is 0.319 e. The molecule has 0 spiro atoms. The minimum Gasteiger partial charge on any atom is -0.497 e. The van der Waals surface area contributed by atoms with Crippen LogP contribution in [-0.4, -0.2) is 38.5 Å². The van der Waals surface area contributed by atoms with E-state index in [1.165, 1.54) is 7.11 Å². The Labute approximate surface area is 152 Å². The Morgan fingerprint density at radius 1 is 1.08 bits per heavy atom. The summed E-state index contributed by atoms with van der Waals surface area (Å²) in [4.78, 5) is 12.0. The standard InChI is InChI=1S/C19H24N2O5/c1-4-26-14-7-5-13(6-8-14)21-19(23)20-12-17(22)16-11-15(24-2)9-10-18(16)25-3/h5-11,17,22H,4,12H2,1-3H3,(H2,20,21,23). The molecule has 140 valence electrons. The normalized spacial score (nSPS) is 11.4. The van der Waals surface area contributed by atoms with Crippen LogP contribution >= 0.6 is 0 Å². The summed E-state index contributed by atoms with van der Waals surface area (Å²) in [5.41, 5.74) is 1.16. The summed E-state index contributed by atoms with van der Waals surface area (Å²) in [5, 5.41) is 15.7. The number of aliphatic hydroxyl groups is 1. The van der Waals surface area contributed by atoms with Crippen LogP contribution in [0.2, 0.25) is 0 Å². The molecule has 2 aromatic carbocycles. The summed E-state index contributed by atoms with van der Waals surface area (Å²) in [5.74, 6) is 1.85. The fraction of sp³-hybridized carbons (Fsp3) is 0.316. The molecule has 26 heavy (non-hydrogen) atoms. The third kappa shape index (κ3) is 5.29. The molecule has 3 N–H and O–H groups in total. The van der Waals surface area contributed by atoms with Gasteiger partial charge in [0.1, 0.15) is 23.4 Å². The van der Waals surface area contributed by atoms with Crippen molar-refractivity contribution in [1.82, 2.24) is 5.32 Å². The van der Waals surface area contributed by atoms with E-state index in [9.17, 15) is 9.90 Å². The number of aliphatic hydroxyl groups excluding tert-OH is 1. The SMILES string of the molecule is CCOc1ccc(NC(=O)NCC(O)c2cc(OC)ccc2OC)cc1. The Kier molecular flexibility index (Phi) is 7.11. The number of hydrogen-bond acceptors (Lipinski definition) is 5. The maximum atomic E-state index is 12.0. The molecular formula is C19H24N2O5. The van der Waals surface area contributed by atoms with Crippen molar-refractivity contribution in [3.8, 4) is 17.2 Å². The first-order chi connectivity index (χ1) is 12.6. The van der Waals surface area contributed by atoms with Gasteiger partial charge in [0.05, 0.1) is 20.8 Å². The highest BCUT2D eigenvalue weighted by atomic mass is 16.5. The summed E-state index contributed by atoms with van der Waals surface area (Å²) in [6.07, 6.45) is -0.939. The summed E-state index contributed by atoms with van der Waals surface area (Å²) < 4.78 is 15.8. The van der Waals surface area contributed by atoms with Gasteiger partial charge in [-0.1, -0.05) is 0 Å². The number of ether oxygens (including phenoxy) is 3. The average Bonchev–Trinajstić information content (AvgIpc) is 2.67. The molecule has 0 aliphatic heterocycles. The Balaban J connectivity index is 1.92. The van der Waals surface area contributed by atoms with Gasteiger partial charge in [0, 0.05) is 17.8 Å². The zero-order chi connectivity index (χ0) is 18.9. The molecule has 0 radical (unpaired) electrons. The largest absolute Gasteiger partial charge is 0.497 e. The zero-order valence-corrected chi connectivity index (χ0v) is 15.1. The van der Waals surface area contributed by atoms with Crippen LogP contribution in [-0.2, 0) is 0 Å². The van der Waals surface area contributed by atoms with Crippen molar-refractivity contribution in [1.29, 1.82) is 0 Å². The Hall–Kier alpha value is -2.93. The van der Waals surface area contributed by atoms with E-state index in [0.717, 1.165) is 5.75 Å². The molecule has 0 fully saturated rings. The summed E-state index contributed by atoms with van der Waals surface area (Å²) in [6.45, 7) is 2.51. The Morgan fingerprint density at radius 3 is 2.38 bits per heavy atom. The number of urea groups is 1. The van der Waals surface area contributed by atoms with E-state index in [1.807, 2.05) is 6.92 Å². The lowest BCUT2D eigenvalue weighted by Gasteiger charge is -2.17. The highest BCUT2D eigenvalue weighted by Crippen LogP contribution is 2.29. The maximum absolute atomic E-state index is 12.0. The van der Waals surface area contributed by atoms with Crippen LogP contribution in [0.1, 0.15) is 18.6 Å². The van der Waals surface area contributed by atoms with Gasteiger partial charge in [-0.2, -0.15) is 0 Å². The molecule has 0 aliphatic rings. The van der Waals surface area contributed by atoms with Crippen LogP contribution in [0.3, 0.4) is 0 Å². The van der Waals surface area contributed by atoms with Crippen LogP contribution in [0.5, 0.6) is 17.2 Å². The van der Waals surface area contributed by atoms with E-state index >= 15 is 0 Å². The van der Waals surface area contributed by atoms with Gasteiger partial charge < -0.3 is 30.0 Å². The van der Waals surface area contributed by atoms with E-state index in [-0.39, 0.29) is 6.54 Å². The topological polar surface area (TPSA) is 89.1 Å². The first kappa shape index (κ1) is 19.4. The van der Waals surface area contributed by atoms with E-state index in [1.54, 1.807) is 49.6 Å². The number of carbonyl (C=O) groups is 1. The lowest BCUT2D eigenvalue weighted by molar-refractivity contribution is 0.170. The number of anilines is 1. The van der Waals surface area contributed by atoms with Crippen LogP contribution in [0, 0.1) is 0 Å². The third-order valence-electron chi connectivity index (χ3n) is 3.68. The molecule has 0 aromatic heterocycles. The van der Waals surface area contributed by atoms with Gasteiger partial charge in [-0.25, -0.2) is 4.79 Å². The second-order valence-corrected chi connectivity index (χ2v) is 5.42. The molecule has 1 atom stereocenters. The summed E-state index contributed by atoms with van der Waals surface area (Å²) >= 11 is 0. The molecule has 7 heteroatoms. The lowest BCUT2D eigenvalue weighted by atomic mass is 10.1. The van der Waals surface area contributed by atoms with Crippen molar-refractivity contribution < 1.29 is 24.1 Å². The lowest BCUT2D eigenvalue weighted by Crippen LogP contribution is -2.32. The van der Waals surface area contributed by atoms with Crippen molar-refractivity contribution in [2.45, 2.75) is 13.0 Å². The van der Waals surface area contributed by atoms with Gasteiger partial charge in [-0.15, -0.1) is 0 Å². The fourth-order valence-corrected chi connectivity index (χ4v) is 2.38. The number of methoxy groups -OCH3 is 2. The number of amides is 2. The molecular weight excluding hydrogens is 336 g/mol. The van der Waals surface area contributed by atoms with Gasteiger partial charge in [0.15, 0.2) is 0 Å². The summed E-state index contributed by atoms with van der Waals surface area (Å²) in [7, 11) is 3.06. The number of carbonyl (C=O) groups excluding carboxylic acids is 1. The van der Waals surface area contributed by atoms with Crippen molar-refractivity contribution in [3.63, 3.8) is 0 Å². The first-order valence-electron chi connectivity index (χ1n) is 8.25. The van der Waals surface area contributed by atoms with Gasteiger partial charge in [-0.3, -0.25) is 0 Å². The van der Waals surface area contributed by atoms with Crippen LogP contribution in [0.25, 0.3) is 0 Å². The molecule has 0 saturated carbocycles. The van der Waals surface area contributed by atoms with Gasteiger partial charge in [-0.05, 0) is 49.4 Å². The highest BCUT2D eigenvalue weighted by Gasteiger charge is 2.15. The number of rotatable bonds is 8. The molecule has 0 bridgehead atoms. The second kappa shape index (κ2) is 9.53. The van der Waals surface area contributed by atoms with Crippen molar-refractivity contribution in [2.24, 2.45) is 0 Å². The molecule has 7 nitrogen and oxygen atoms in total. The van der Waals surface area contributed by atoms with Crippen molar-refractivity contribution in [3.05, 3.63) is 48.0 Å². The number of hydrogen-bond donors (Lipinski definition) is 3. The summed E-state index contributed by atoms with van der Waals surface area (Å²) in [6, 6.07) is 11.7. The zero-order valence-electron chi connectivity index (χ0n) is 15.1. The predicted octanol–water partition coefficient (Wildman–Crippen LogP) is 2.96. The molecule has 2 aromatic rings. The molecule has 2 rings (SSSR count). The third-order valence-corrected chi connectivity index (χ3v) is 3.68. The Morgan fingerprint density at radius 2 is 1.77 bits per heavy atom. The smallest absolute Gasteiger partial charge is 0.319 e. The molecule has 0 heterocycles. The Bertz CT molecular complexity index is 718. The number of nitrogens with one attached hydrogen (secondary N) is 2. The average molecular weight is 360 g/mol. The monoisotopic (exact) mass is 360 g/mol. The molecule has 0 aliphatic carbocycles. The molecule has 0 saturated heterocycles. The van der Waals surface area contributed by atoms with Crippen LogP contribution in [0.4, 0.5) is 10.5 Å². The first-order valence-corrected chi connectivity index (χ1v) is 8.25. The van der Waals surface area contributed by atoms with Crippen molar-refractivity contribution in [2.75, 3.05) is 32.7 Å². The van der Waals surface area contributed by atoms with Gasteiger partial charge in [0.2, 0.25) is 0 Å². The minimum atomic E-state index is -0.939. The molecule has 2 amide bonds. The predicted molar refractivity (Wildman–Crippen MR) is 99.1 cm³/mol. The van der Waals surface area contributed by atoms with Gasteiger partial charge >= 0.3 is 6.03 Å². The van der Waals surface area contributed by atoms with E-state index < -0.39 is 12.1 Å². The minimum absolute atomic E-state index is 0.0202. The quantitative estimate of drug-likeness (QED) is 0.673.